The second kappa shape index (κ2) is 12.6. The Morgan fingerprint density at radius 2 is 1.73 bits per heavy atom. The van der Waals surface area contributed by atoms with Gasteiger partial charge in [0.1, 0.15) is 37.7 Å². The van der Waals surface area contributed by atoms with E-state index in [9.17, 15) is 0 Å². The number of anilines is 1. The summed E-state index contributed by atoms with van der Waals surface area (Å²) in [6.07, 6.45) is 2.77. The van der Waals surface area contributed by atoms with Crippen molar-refractivity contribution in [2.75, 3.05) is 44.3 Å². The quantitative estimate of drug-likeness (QED) is 0.232. The first kappa shape index (κ1) is 28.3. The average molecular weight is 615 g/mol. The molecule has 6 rings (SSSR count). The summed E-state index contributed by atoms with van der Waals surface area (Å²) in [7, 11) is 0. The van der Waals surface area contributed by atoms with Crippen molar-refractivity contribution < 1.29 is 14.2 Å². The molecule has 0 bridgehead atoms. The van der Waals surface area contributed by atoms with Gasteiger partial charge in [0.2, 0.25) is 5.79 Å². The van der Waals surface area contributed by atoms with E-state index < -0.39 is 5.79 Å². The van der Waals surface area contributed by atoms with Crippen LogP contribution in [0.5, 0.6) is 5.75 Å². The topological polar surface area (TPSA) is 64.9 Å². The molecule has 0 aliphatic carbocycles. The van der Waals surface area contributed by atoms with Crippen LogP contribution in [0.3, 0.4) is 0 Å². The molecule has 8 nitrogen and oxygen atoms in total. The van der Waals surface area contributed by atoms with Crippen molar-refractivity contribution in [2.24, 2.45) is 0 Å². The monoisotopic (exact) mass is 613 g/mol. The Morgan fingerprint density at radius 1 is 0.927 bits per heavy atom. The lowest BCUT2D eigenvalue weighted by atomic mass is 10.1. The molecule has 2 aliphatic rings. The molecule has 0 amide bonds. The first-order valence-electron chi connectivity index (χ1n) is 13.5. The minimum atomic E-state index is -1.14. The second-order valence-corrected chi connectivity index (χ2v) is 11.4. The minimum absolute atomic E-state index is 0.283. The minimum Gasteiger partial charge on any atom is -0.491 e. The number of benzene rings is 3. The molecule has 2 aliphatic heterocycles. The summed E-state index contributed by atoms with van der Waals surface area (Å²) in [5, 5.41) is 6.05. The number of hydrogen-bond acceptors (Lipinski definition) is 7. The Bertz CT molecular complexity index is 1450. The van der Waals surface area contributed by atoms with Gasteiger partial charge < -0.3 is 19.1 Å². The fourth-order valence-electron chi connectivity index (χ4n) is 5.26. The van der Waals surface area contributed by atoms with E-state index in [0.717, 1.165) is 43.5 Å². The normalized spacial score (nSPS) is 21.3. The van der Waals surface area contributed by atoms with Crippen LogP contribution < -0.4 is 9.64 Å². The smallest absolute Gasteiger partial charge is 0.217 e. The van der Waals surface area contributed by atoms with Crippen LogP contribution in [0.4, 0.5) is 5.69 Å². The molecule has 2 fully saturated rings. The van der Waals surface area contributed by atoms with Crippen LogP contribution in [0.2, 0.25) is 15.1 Å². The molecule has 4 aromatic rings. The summed E-state index contributed by atoms with van der Waals surface area (Å²) in [4.78, 5) is 8.88. The fraction of sp³-hybridized carbons (Fsp3) is 0.333. The van der Waals surface area contributed by atoms with E-state index in [1.54, 1.807) is 23.1 Å². The number of piperazine rings is 1. The molecule has 1 aromatic heterocycles. The Balaban J connectivity index is 1.04. The lowest BCUT2D eigenvalue weighted by Gasteiger charge is -2.36. The van der Waals surface area contributed by atoms with Gasteiger partial charge in [0.15, 0.2) is 0 Å². The summed E-state index contributed by atoms with van der Waals surface area (Å²) < 4.78 is 20.4. The lowest BCUT2D eigenvalue weighted by Crippen LogP contribution is -2.46. The van der Waals surface area contributed by atoms with Crippen molar-refractivity contribution in [2.45, 2.75) is 25.0 Å². The summed E-state index contributed by atoms with van der Waals surface area (Å²) in [5.41, 5.74) is 3.03. The molecule has 11 heteroatoms. The fourth-order valence-corrected chi connectivity index (χ4v) is 6.00. The number of nitrogens with zero attached hydrogens (tertiary/aromatic N) is 5. The number of rotatable bonds is 9. The number of hydrogen-bond donors (Lipinski definition) is 0. The predicted molar refractivity (Wildman–Crippen MR) is 160 cm³/mol. The van der Waals surface area contributed by atoms with E-state index in [-0.39, 0.29) is 12.6 Å². The van der Waals surface area contributed by atoms with Gasteiger partial charge in [0.05, 0.1) is 11.6 Å². The first-order valence-corrected chi connectivity index (χ1v) is 14.6. The number of halogens is 3. The lowest BCUT2D eigenvalue weighted by molar-refractivity contribution is -0.190. The molecule has 2 unspecified atom stereocenters. The van der Waals surface area contributed by atoms with Crippen LogP contribution in [0.1, 0.15) is 11.1 Å². The molecule has 3 aromatic carbocycles. The summed E-state index contributed by atoms with van der Waals surface area (Å²) >= 11 is 19.0. The molecule has 41 heavy (non-hydrogen) atoms. The number of aromatic nitrogens is 3. The van der Waals surface area contributed by atoms with Crippen LogP contribution in [0.25, 0.3) is 0 Å². The van der Waals surface area contributed by atoms with Crippen LogP contribution in [0.15, 0.2) is 79.4 Å². The SMILES string of the molecule is Clc1ccc(C2(Cn3cncn3)OCC(COc3ccc(N4CCN(Cc5ccccc5Cl)CC4)cc3)O2)c(Cl)c1. The van der Waals surface area contributed by atoms with E-state index in [1.165, 1.54) is 17.6 Å². The summed E-state index contributed by atoms with van der Waals surface area (Å²) in [6.45, 7) is 5.70. The third kappa shape index (κ3) is 6.64. The van der Waals surface area contributed by atoms with Crippen molar-refractivity contribution in [1.82, 2.24) is 19.7 Å². The second-order valence-electron chi connectivity index (χ2n) is 10.2. The molecular formula is C30H30Cl3N5O3. The highest BCUT2D eigenvalue weighted by Gasteiger charge is 2.45. The van der Waals surface area contributed by atoms with Crippen LogP contribution in [0, 0.1) is 0 Å². The molecule has 0 spiro atoms. The third-order valence-corrected chi connectivity index (χ3v) is 8.32. The maximum Gasteiger partial charge on any atom is 0.217 e. The number of ether oxygens (including phenoxy) is 3. The molecule has 2 saturated heterocycles. The van der Waals surface area contributed by atoms with Gasteiger partial charge in [0, 0.05) is 54.0 Å². The first-order chi connectivity index (χ1) is 20.0. The van der Waals surface area contributed by atoms with E-state index in [0.29, 0.717) is 28.8 Å². The summed E-state index contributed by atoms with van der Waals surface area (Å²) in [6, 6.07) is 21.5. The molecule has 2 atom stereocenters. The van der Waals surface area contributed by atoms with Crippen molar-refractivity contribution in [1.29, 1.82) is 0 Å². The Hall–Kier alpha value is -2.85. The third-order valence-electron chi connectivity index (χ3n) is 7.40. The van der Waals surface area contributed by atoms with Crippen LogP contribution in [-0.2, 0) is 28.4 Å². The highest BCUT2D eigenvalue weighted by atomic mass is 35.5. The van der Waals surface area contributed by atoms with Gasteiger partial charge in [-0.2, -0.15) is 5.10 Å². The van der Waals surface area contributed by atoms with Crippen LogP contribution >= 0.6 is 34.8 Å². The molecule has 0 radical (unpaired) electrons. The largest absolute Gasteiger partial charge is 0.491 e. The standard InChI is InChI=1S/C30H30Cl3N5O3/c31-23-5-10-27(29(33)15-23)30(19-38-21-34-20-35-38)40-18-26(41-30)17-39-25-8-6-24(7-9-25)37-13-11-36(12-14-37)16-22-3-1-2-4-28(22)32/h1-10,15,20-21,26H,11-14,16-19H2. The van der Waals surface area contributed by atoms with E-state index in [1.807, 2.05) is 36.4 Å². The zero-order chi connectivity index (χ0) is 28.2. The molecular weight excluding hydrogens is 585 g/mol. The Morgan fingerprint density at radius 3 is 2.46 bits per heavy atom. The maximum absolute atomic E-state index is 6.56. The Labute approximate surface area is 254 Å². The van der Waals surface area contributed by atoms with Gasteiger partial charge >= 0.3 is 0 Å². The highest BCUT2D eigenvalue weighted by molar-refractivity contribution is 6.35. The van der Waals surface area contributed by atoms with Gasteiger partial charge in [-0.3, -0.25) is 4.90 Å². The molecule has 0 saturated carbocycles. The van der Waals surface area contributed by atoms with E-state index in [2.05, 4.69) is 38.1 Å². The van der Waals surface area contributed by atoms with Gasteiger partial charge in [-0.05, 0) is 48.0 Å². The van der Waals surface area contributed by atoms with Crippen molar-refractivity contribution in [3.8, 4) is 5.75 Å². The summed E-state index contributed by atoms with van der Waals surface area (Å²) in [5.74, 6) is -0.366. The van der Waals surface area contributed by atoms with Gasteiger partial charge in [0.25, 0.3) is 0 Å². The van der Waals surface area contributed by atoms with Crippen molar-refractivity contribution in [3.63, 3.8) is 0 Å². The van der Waals surface area contributed by atoms with E-state index in [4.69, 9.17) is 49.0 Å². The predicted octanol–water partition coefficient (Wildman–Crippen LogP) is 5.91. The maximum atomic E-state index is 6.56. The van der Waals surface area contributed by atoms with Gasteiger partial charge in [-0.1, -0.05) is 59.1 Å². The average Bonchev–Trinajstić information content (AvgIpc) is 3.64. The van der Waals surface area contributed by atoms with E-state index >= 15 is 0 Å². The molecule has 3 heterocycles. The molecule has 0 N–H and O–H groups in total. The van der Waals surface area contributed by atoms with Gasteiger partial charge in [-0.15, -0.1) is 0 Å². The zero-order valence-corrected chi connectivity index (χ0v) is 24.6. The van der Waals surface area contributed by atoms with Crippen molar-refractivity contribution in [3.05, 3.63) is 106 Å². The molecule has 214 valence electrons. The highest BCUT2D eigenvalue weighted by Crippen LogP contribution is 2.40. The zero-order valence-electron chi connectivity index (χ0n) is 22.3. The van der Waals surface area contributed by atoms with Crippen LogP contribution in [-0.4, -0.2) is 65.2 Å². The van der Waals surface area contributed by atoms with Gasteiger partial charge in [-0.25, -0.2) is 9.67 Å². The Kier molecular flexibility index (Phi) is 8.67. The van der Waals surface area contributed by atoms with Crippen molar-refractivity contribution >= 4 is 40.5 Å².